The predicted molar refractivity (Wildman–Crippen MR) is 49.5 cm³/mol. The summed E-state index contributed by atoms with van der Waals surface area (Å²) in [5.74, 6) is 0.981. The average molecular weight is 174 g/mol. The van der Waals surface area contributed by atoms with Crippen LogP contribution in [0.3, 0.4) is 0 Å². The van der Waals surface area contributed by atoms with E-state index in [9.17, 15) is 5.11 Å². The van der Waals surface area contributed by atoms with Crippen LogP contribution < -0.4 is 24.0 Å². The van der Waals surface area contributed by atoms with Gasteiger partial charge in [0.25, 0.3) is 0 Å². The minimum absolute atomic E-state index is 0. The molecule has 0 aromatic carbocycles. The molecule has 0 aromatic rings. The number of hydrogen-bond acceptors (Lipinski definition) is 1. The van der Waals surface area contributed by atoms with Crippen LogP contribution in [0.1, 0.15) is 47.0 Å². The number of allylic oxidation sites excluding steroid dienone is 2. The summed E-state index contributed by atoms with van der Waals surface area (Å²) in [5.41, 5.74) is 1.38. The van der Waals surface area contributed by atoms with Crippen molar-refractivity contribution in [2.75, 3.05) is 0 Å². The van der Waals surface area contributed by atoms with Crippen molar-refractivity contribution in [1.29, 1.82) is 0 Å². The van der Waals surface area contributed by atoms with Crippen molar-refractivity contribution in [2.45, 2.75) is 47.0 Å². The predicted octanol–water partition coefficient (Wildman–Crippen LogP) is -0.529. The quantitative estimate of drug-likeness (QED) is 0.453. The van der Waals surface area contributed by atoms with E-state index in [1.165, 1.54) is 6.42 Å². The molecule has 1 nitrogen and oxygen atoms in total. The molecule has 13 heavy (non-hydrogen) atoms. The van der Waals surface area contributed by atoms with Crippen LogP contribution in [0.5, 0.6) is 0 Å². The molecule has 70 valence electrons. The molecular formula is C11H19LiO. The van der Waals surface area contributed by atoms with Crippen LogP contribution in [0, 0.1) is 11.3 Å². The second kappa shape index (κ2) is 4.58. The van der Waals surface area contributed by atoms with Gasteiger partial charge in [-0.3, -0.25) is 0 Å². The Bertz CT molecular complexity index is 201. The fourth-order valence-electron chi connectivity index (χ4n) is 1.77. The largest absolute Gasteiger partial charge is 1.00 e. The maximum absolute atomic E-state index is 11.4. The van der Waals surface area contributed by atoms with E-state index in [0.717, 1.165) is 18.4 Å². The fourth-order valence-corrected chi connectivity index (χ4v) is 1.77. The summed E-state index contributed by atoms with van der Waals surface area (Å²) in [6, 6.07) is 0. The third-order valence-electron chi connectivity index (χ3n) is 3.00. The fraction of sp³-hybridized carbons (Fsp3) is 0.818. The van der Waals surface area contributed by atoms with Gasteiger partial charge in [-0.25, -0.2) is 0 Å². The van der Waals surface area contributed by atoms with Crippen molar-refractivity contribution < 1.29 is 24.0 Å². The molecule has 0 unspecified atom stereocenters. The maximum atomic E-state index is 11.4. The molecule has 1 rings (SSSR count). The molecule has 1 aliphatic carbocycles. The van der Waals surface area contributed by atoms with Crippen LogP contribution in [-0.4, -0.2) is 0 Å². The minimum atomic E-state index is 0. The zero-order chi connectivity index (χ0) is 9.35. The number of rotatable bonds is 0. The topological polar surface area (TPSA) is 23.1 Å². The van der Waals surface area contributed by atoms with Crippen molar-refractivity contribution in [3.8, 4) is 0 Å². The second-order valence-corrected chi connectivity index (χ2v) is 5.01. The smallest absolute Gasteiger partial charge is 0.875 e. The van der Waals surface area contributed by atoms with E-state index in [-0.39, 0.29) is 18.9 Å². The molecule has 0 amide bonds. The maximum Gasteiger partial charge on any atom is 1.00 e. The molecular weight excluding hydrogens is 155 g/mol. The normalized spacial score (nSPS) is 24.2. The summed E-state index contributed by atoms with van der Waals surface area (Å²) < 4.78 is 0. The van der Waals surface area contributed by atoms with Crippen LogP contribution >= 0.6 is 0 Å². The van der Waals surface area contributed by atoms with E-state index in [1.54, 1.807) is 0 Å². The van der Waals surface area contributed by atoms with Crippen molar-refractivity contribution in [3.63, 3.8) is 0 Å². The summed E-state index contributed by atoms with van der Waals surface area (Å²) in [5, 5.41) is 11.4. The zero-order valence-corrected chi connectivity index (χ0v) is 9.61. The molecule has 1 aliphatic rings. The molecule has 0 N–H and O–H groups in total. The SMILES string of the molecule is CC1=C([O-])C[C@H](C(C)(C)C)CC1.[Li+]. The Morgan fingerprint density at radius 2 is 1.85 bits per heavy atom. The Morgan fingerprint density at radius 1 is 1.31 bits per heavy atom. The Labute approximate surface area is 93.8 Å². The first-order chi connectivity index (χ1) is 5.41. The van der Waals surface area contributed by atoms with E-state index in [0.29, 0.717) is 17.1 Å². The van der Waals surface area contributed by atoms with E-state index in [4.69, 9.17) is 0 Å². The first-order valence-electron chi connectivity index (χ1n) is 4.77. The molecule has 0 heterocycles. The van der Waals surface area contributed by atoms with Gasteiger partial charge in [-0.15, -0.1) is 5.76 Å². The Morgan fingerprint density at radius 3 is 2.23 bits per heavy atom. The Balaban J connectivity index is 0.00000144. The first-order valence-corrected chi connectivity index (χ1v) is 4.77. The van der Waals surface area contributed by atoms with Gasteiger partial charge in [0, 0.05) is 0 Å². The molecule has 0 bridgehead atoms. The standard InChI is InChI=1S/C11H20O.Li/c1-8-5-6-9(7-10(8)12)11(2,3)4;/h9,12H,5-7H2,1-4H3;/q;+1/p-1/t9-;/m1./s1. The monoisotopic (exact) mass is 174 g/mol. The summed E-state index contributed by atoms with van der Waals surface area (Å²) in [7, 11) is 0. The summed E-state index contributed by atoms with van der Waals surface area (Å²) in [6.45, 7) is 8.66. The third-order valence-corrected chi connectivity index (χ3v) is 3.00. The molecule has 0 saturated heterocycles. The van der Waals surface area contributed by atoms with Gasteiger partial charge in [0.15, 0.2) is 0 Å². The first kappa shape index (κ1) is 13.1. The third kappa shape index (κ3) is 3.41. The van der Waals surface area contributed by atoms with Gasteiger partial charge in [-0.1, -0.05) is 26.3 Å². The average Bonchev–Trinajstić information content (AvgIpc) is 1.92. The van der Waals surface area contributed by atoms with Crippen LogP contribution in [0.4, 0.5) is 0 Å². The van der Waals surface area contributed by atoms with Crippen molar-refractivity contribution >= 4 is 0 Å². The van der Waals surface area contributed by atoms with Crippen LogP contribution in [0.25, 0.3) is 0 Å². The van der Waals surface area contributed by atoms with Gasteiger partial charge in [-0.2, -0.15) is 0 Å². The zero-order valence-electron chi connectivity index (χ0n) is 9.61. The molecule has 0 radical (unpaired) electrons. The van der Waals surface area contributed by atoms with E-state index in [1.807, 2.05) is 6.92 Å². The minimum Gasteiger partial charge on any atom is -0.875 e. The van der Waals surface area contributed by atoms with Crippen LogP contribution in [-0.2, 0) is 0 Å². The molecule has 2 heteroatoms. The Kier molecular flexibility index (Phi) is 4.62. The summed E-state index contributed by atoms with van der Waals surface area (Å²) in [6.07, 6.45) is 2.98. The summed E-state index contributed by atoms with van der Waals surface area (Å²) >= 11 is 0. The van der Waals surface area contributed by atoms with Crippen molar-refractivity contribution in [2.24, 2.45) is 11.3 Å². The molecule has 0 fully saturated rings. The van der Waals surface area contributed by atoms with E-state index >= 15 is 0 Å². The van der Waals surface area contributed by atoms with Gasteiger partial charge in [0.05, 0.1) is 0 Å². The van der Waals surface area contributed by atoms with Crippen molar-refractivity contribution in [3.05, 3.63) is 11.3 Å². The molecule has 1 atom stereocenters. The molecule has 0 aliphatic heterocycles. The van der Waals surface area contributed by atoms with Gasteiger partial charge in [0.2, 0.25) is 0 Å². The molecule has 0 saturated carbocycles. The van der Waals surface area contributed by atoms with Gasteiger partial charge in [-0.05, 0) is 37.5 Å². The van der Waals surface area contributed by atoms with Gasteiger partial charge < -0.3 is 5.11 Å². The van der Waals surface area contributed by atoms with E-state index in [2.05, 4.69) is 20.8 Å². The van der Waals surface area contributed by atoms with Crippen LogP contribution in [0.2, 0.25) is 0 Å². The number of hydrogen-bond donors (Lipinski definition) is 0. The second-order valence-electron chi connectivity index (χ2n) is 5.01. The van der Waals surface area contributed by atoms with Gasteiger partial charge >= 0.3 is 18.9 Å². The van der Waals surface area contributed by atoms with E-state index < -0.39 is 0 Å². The van der Waals surface area contributed by atoms with Crippen molar-refractivity contribution in [1.82, 2.24) is 0 Å². The Hall–Kier alpha value is 0.137. The summed E-state index contributed by atoms with van der Waals surface area (Å²) in [4.78, 5) is 0. The molecule has 0 aromatic heterocycles. The van der Waals surface area contributed by atoms with Gasteiger partial charge in [0.1, 0.15) is 0 Å². The van der Waals surface area contributed by atoms with Crippen LogP contribution in [0.15, 0.2) is 11.3 Å². The molecule has 0 spiro atoms.